The summed E-state index contributed by atoms with van der Waals surface area (Å²) in [6.45, 7) is 6.66. The van der Waals surface area contributed by atoms with Crippen LogP contribution in [0.1, 0.15) is 17.8 Å². The fourth-order valence-electron chi connectivity index (χ4n) is 3.77. The molecule has 4 rings (SSSR count). The van der Waals surface area contributed by atoms with Crippen molar-refractivity contribution in [1.82, 2.24) is 19.8 Å². The normalized spacial score (nSPS) is 15.5. The standard InChI is InChI=1S/C25H31N5O/c1-29-16-18-30(19-17-29)15-5-14-26-25-22-6-3-4-7-23(22)27-24(28-25)13-10-20-8-11-21(31-2)12-9-20/h3-4,6-13H,5,14-19H2,1-2H3,(H,26,27,28). The largest absolute Gasteiger partial charge is 0.497 e. The summed E-state index contributed by atoms with van der Waals surface area (Å²) in [5.41, 5.74) is 2.03. The van der Waals surface area contributed by atoms with Crippen molar-refractivity contribution in [2.45, 2.75) is 6.42 Å². The number of para-hydroxylation sites is 1. The number of fused-ring (bicyclic) bond motifs is 1. The first-order valence-electron chi connectivity index (χ1n) is 10.9. The zero-order valence-corrected chi connectivity index (χ0v) is 18.4. The number of likely N-dealkylation sites (N-methyl/N-ethyl adjacent to an activating group) is 1. The molecule has 0 amide bonds. The van der Waals surface area contributed by atoms with Gasteiger partial charge in [-0.3, -0.25) is 0 Å². The Bertz CT molecular complexity index is 1010. The van der Waals surface area contributed by atoms with Gasteiger partial charge in [0, 0.05) is 38.1 Å². The van der Waals surface area contributed by atoms with Gasteiger partial charge in [-0.05, 0) is 55.9 Å². The van der Waals surface area contributed by atoms with Gasteiger partial charge in [0.2, 0.25) is 0 Å². The van der Waals surface area contributed by atoms with Crippen molar-refractivity contribution in [3.05, 3.63) is 59.9 Å². The van der Waals surface area contributed by atoms with Gasteiger partial charge in [0.1, 0.15) is 11.6 Å². The summed E-state index contributed by atoms with van der Waals surface area (Å²) >= 11 is 0. The molecule has 162 valence electrons. The molecule has 0 bridgehead atoms. The molecule has 6 nitrogen and oxygen atoms in total. The van der Waals surface area contributed by atoms with Gasteiger partial charge in [-0.25, -0.2) is 9.97 Å². The summed E-state index contributed by atoms with van der Waals surface area (Å²) in [4.78, 5) is 14.4. The quantitative estimate of drug-likeness (QED) is 0.562. The molecular weight excluding hydrogens is 386 g/mol. The van der Waals surface area contributed by atoms with E-state index in [0.29, 0.717) is 5.82 Å². The van der Waals surface area contributed by atoms with Crippen molar-refractivity contribution in [1.29, 1.82) is 0 Å². The van der Waals surface area contributed by atoms with Gasteiger partial charge < -0.3 is 19.9 Å². The van der Waals surface area contributed by atoms with Crippen LogP contribution < -0.4 is 10.1 Å². The minimum atomic E-state index is 0.705. The number of hydrogen-bond donors (Lipinski definition) is 1. The molecule has 0 atom stereocenters. The minimum absolute atomic E-state index is 0.705. The molecule has 31 heavy (non-hydrogen) atoms. The minimum Gasteiger partial charge on any atom is -0.497 e. The first-order chi connectivity index (χ1) is 15.2. The van der Waals surface area contributed by atoms with Crippen LogP contribution in [-0.2, 0) is 0 Å². The second kappa shape index (κ2) is 10.4. The monoisotopic (exact) mass is 417 g/mol. The number of rotatable bonds is 8. The fourth-order valence-corrected chi connectivity index (χ4v) is 3.77. The Hall–Kier alpha value is -2.96. The average molecular weight is 418 g/mol. The van der Waals surface area contributed by atoms with E-state index in [0.717, 1.165) is 73.7 Å². The van der Waals surface area contributed by atoms with E-state index in [1.807, 2.05) is 54.6 Å². The van der Waals surface area contributed by atoms with Crippen molar-refractivity contribution in [3.8, 4) is 5.75 Å². The lowest BCUT2D eigenvalue weighted by molar-refractivity contribution is 0.154. The molecule has 1 fully saturated rings. The highest BCUT2D eigenvalue weighted by atomic mass is 16.5. The van der Waals surface area contributed by atoms with E-state index in [1.54, 1.807) is 7.11 Å². The van der Waals surface area contributed by atoms with Crippen molar-refractivity contribution in [2.75, 3.05) is 58.7 Å². The number of hydrogen-bond acceptors (Lipinski definition) is 6. The van der Waals surface area contributed by atoms with Gasteiger partial charge >= 0.3 is 0 Å². The molecule has 1 aromatic heterocycles. The Morgan fingerprint density at radius 2 is 1.74 bits per heavy atom. The van der Waals surface area contributed by atoms with Crippen molar-refractivity contribution in [2.24, 2.45) is 0 Å². The average Bonchev–Trinajstić information content (AvgIpc) is 2.82. The van der Waals surface area contributed by atoms with E-state index in [9.17, 15) is 0 Å². The molecule has 1 N–H and O–H groups in total. The van der Waals surface area contributed by atoms with Gasteiger partial charge in [-0.2, -0.15) is 0 Å². The Labute approximate surface area is 184 Å². The third kappa shape index (κ3) is 5.81. The Balaban J connectivity index is 1.42. The fraction of sp³-hybridized carbons (Fsp3) is 0.360. The molecule has 0 aliphatic carbocycles. The zero-order valence-electron chi connectivity index (χ0n) is 18.4. The molecular formula is C25H31N5O. The number of aromatic nitrogens is 2. The SMILES string of the molecule is COc1ccc(C=Cc2nc(NCCCN3CCN(C)CC3)c3ccccc3n2)cc1. The molecule has 1 aliphatic heterocycles. The number of nitrogens with one attached hydrogen (secondary N) is 1. The maximum atomic E-state index is 5.22. The van der Waals surface area contributed by atoms with E-state index in [2.05, 4.69) is 28.2 Å². The van der Waals surface area contributed by atoms with E-state index >= 15 is 0 Å². The van der Waals surface area contributed by atoms with Crippen LogP contribution in [0, 0.1) is 0 Å². The Kier molecular flexibility index (Phi) is 7.12. The molecule has 6 heteroatoms. The number of nitrogens with zero attached hydrogens (tertiary/aromatic N) is 4. The predicted octanol–water partition coefficient (Wildman–Crippen LogP) is 3.86. The summed E-state index contributed by atoms with van der Waals surface area (Å²) in [7, 11) is 3.87. The van der Waals surface area contributed by atoms with E-state index in [4.69, 9.17) is 14.7 Å². The maximum Gasteiger partial charge on any atom is 0.154 e. The van der Waals surface area contributed by atoms with Gasteiger partial charge in [0.15, 0.2) is 5.82 Å². The van der Waals surface area contributed by atoms with Gasteiger partial charge in [0.05, 0.1) is 12.6 Å². The number of piperazine rings is 1. The second-order valence-electron chi connectivity index (χ2n) is 7.98. The lowest BCUT2D eigenvalue weighted by atomic mass is 10.2. The zero-order chi connectivity index (χ0) is 21.5. The van der Waals surface area contributed by atoms with Crippen molar-refractivity contribution >= 4 is 28.9 Å². The van der Waals surface area contributed by atoms with Crippen LogP contribution in [0.3, 0.4) is 0 Å². The molecule has 0 radical (unpaired) electrons. The van der Waals surface area contributed by atoms with Gasteiger partial charge in [0.25, 0.3) is 0 Å². The Morgan fingerprint density at radius 3 is 2.52 bits per heavy atom. The lowest BCUT2D eigenvalue weighted by Gasteiger charge is -2.32. The van der Waals surface area contributed by atoms with Gasteiger partial charge in [-0.15, -0.1) is 0 Å². The maximum absolute atomic E-state index is 5.22. The summed E-state index contributed by atoms with van der Waals surface area (Å²) < 4.78 is 5.22. The van der Waals surface area contributed by atoms with E-state index in [-0.39, 0.29) is 0 Å². The third-order valence-electron chi connectivity index (χ3n) is 5.70. The number of methoxy groups -OCH3 is 1. The molecule has 1 aliphatic rings. The van der Waals surface area contributed by atoms with Crippen LogP contribution in [0.5, 0.6) is 5.75 Å². The van der Waals surface area contributed by atoms with Crippen molar-refractivity contribution in [3.63, 3.8) is 0 Å². The van der Waals surface area contributed by atoms with Crippen LogP contribution in [0.2, 0.25) is 0 Å². The number of anilines is 1. The summed E-state index contributed by atoms with van der Waals surface area (Å²) in [5, 5.41) is 4.61. The first kappa shape index (κ1) is 21.3. The lowest BCUT2D eigenvalue weighted by Crippen LogP contribution is -2.44. The van der Waals surface area contributed by atoms with E-state index in [1.165, 1.54) is 0 Å². The smallest absolute Gasteiger partial charge is 0.154 e. The van der Waals surface area contributed by atoms with Gasteiger partial charge in [-0.1, -0.05) is 30.3 Å². The summed E-state index contributed by atoms with van der Waals surface area (Å²) in [6.07, 6.45) is 5.09. The molecule has 1 saturated heterocycles. The molecule has 0 spiro atoms. The molecule has 2 aromatic carbocycles. The number of benzene rings is 2. The van der Waals surface area contributed by atoms with Crippen molar-refractivity contribution < 1.29 is 4.74 Å². The molecule has 3 aromatic rings. The highest BCUT2D eigenvalue weighted by Gasteiger charge is 2.13. The highest BCUT2D eigenvalue weighted by molar-refractivity contribution is 5.90. The second-order valence-corrected chi connectivity index (χ2v) is 7.98. The predicted molar refractivity (Wildman–Crippen MR) is 129 cm³/mol. The van der Waals surface area contributed by atoms with Crippen LogP contribution in [0.4, 0.5) is 5.82 Å². The van der Waals surface area contributed by atoms with Crippen LogP contribution in [0.15, 0.2) is 48.5 Å². The number of ether oxygens (including phenoxy) is 1. The van der Waals surface area contributed by atoms with E-state index < -0.39 is 0 Å². The molecule has 0 saturated carbocycles. The highest BCUT2D eigenvalue weighted by Crippen LogP contribution is 2.21. The third-order valence-corrected chi connectivity index (χ3v) is 5.70. The topological polar surface area (TPSA) is 53.5 Å². The first-order valence-corrected chi connectivity index (χ1v) is 10.9. The molecule has 0 unspecified atom stereocenters. The Morgan fingerprint density at radius 1 is 0.968 bits per heavy atom. The van der Waals surface area contributed by atoms with Crippen LogP contribution in [-0.4, -0.2) is 73.2 Å². The molecule has 2 heterocycles. The summed E-state index contributed by atoms with van der Waals surface area (Å²) in [6, 6.07) is 16.1. The van der Waals surface area contributed by atoms with Crippen LogP contribution in [0.25, 0.3) is 23.1 Å². The summed E-state index contributed by atoms with van der Waals surface area (Å²) in [5.74, 6) is 2.46. The van der Waals surface area contributed by atoms with Crippen LogP contribution >= 0.6 is 0 Å².